The van der Waals surface area contributed by atoms with Crippen molar-refractivity contribution in [2.45, 2.75) is 52.4 Å². The first kappa shape index (κ1) is 20.8. The Kier molecular flexibility index (Phi) is 5.88. The molecule has 0 saturated carbocycles. The van der Waals surface area contributed by atoms with Crippen LogP contribution in [0.4, 0.5) is 0 Å². The molecule has 2 N–H and O–H groups in total. The molecule has 1 atom stereocenters. The molecule has 0 bridgehead atoms. The standard InChI is InChI=1S/C23H28N2O4/c1-5-6-9-28-17-8-7-14(10-18(17)27-4)20-15(13-24)22(25)29-19-12-23(2,3)11-16(26)21(19)20/h7-8,10,20H,5-6,9,11-12,25H2,1-4H3. The van der Waals surface area contributed by atoms with Gasteiger partial charge >= 0.3 is 0 Å². The summed E-state index contributed by atoms with van der Waals surface area (Å²) in [5.41, 5.74) is 7.40. The van der Waals surface area contributed by atoms with Gasteiger partial charge in [-0.15, -0.1) is 0 Å². The highest BCUT2D eigenvalue weighted by Crippen LogP contribution is 2.48. The van der Waals surface area contributed by atoms with Gasteiger partial charge in [-0.3, -0.25) is 4.79 Å². The van der Waals surface area contributed by atoms with Gasteiger partial charge in [-0.25, -0.2) is 0 Å². The zero-order valence-corrected chi connectivity index (χ0v) is 17.5. The Morgan fingerprint density at radius 1 is 1.31 bits per heavy atom. The average Bonchev–Trinajstić information content (AvgIpc) is 2.66. The first-order valence-corrected chi connectivity index (χ1v) is 9.96. The second-order valence-corrected chi connectivity index (χ2v) is 8.31. The van der Waals surface area contributed by atoms with Gasteiger partial charge in [0.25, 0.3) is 0 Å². The topological polar surface area (TPSA) is 94.6 Å². The van der Waals surface area contributed by atoms with Crippen molar-refractivity contribution in [3.05, 3.63) is 46.6 Å². The summed E-state index contributed by atoms with van der Waals surface area (Å²) in [7, 11) is 1.57. The van der Waals surface area contributed by atoms with Gasteiger partial charge < -0.3 is 19.9 Å². The van der Waals surface area contributed by atoms with E-state index < -0.39 is 5.92 Å². The van der Waals surface area contributed by atoms with E-state index in [1.165, 1.54) is 0 Å². The van der Waals surface area contributed by atoms with E-state index in [4.69, 9.17) is 19.9 Å². The number of ether oxygens (including phenoxy) is 3. The third-order valence-electron chi connectivity index (χ3n) is 5.35. The molecule has 6 nitrogen and oxygen atoms in total. The van der Waals surface area contributed by atoms with Crippen LogP contribution in [0.25, 0.3) is 0 Å². The molecule has 1 aliphatic carbocycles. The van der Waals surface area contributed by atoms with Gasteiger partial charge in [0.05, 0.1) is 19.6 Å². The Morgan fingerprint density at radius 2 is 2.07 bits per heavy atom. The van der Waals surface area contributed by atoms with Crippen LogP contribution in [-0.2, 0) is 9.53 Å². The molecule has 2 aliphatic rings. The summed E-state index contributed by atoms with van der Waals surface area (Å²) in [4.78, 5) is 13.0. The third-order valence-corrected chi connectivity index (χ3v) is 5.35. The number of carbonyl (C=O) groups excluding carboxylic acids is 1. The molecule has 1 unspecified atom stereocenters. The highest BCUT2D eigenvalue weighted by Gasteiger charge is 2.43. The Labute approximate surface area is 171 Å². The number of benzene rings is 1. The van der Waals surface area contributed by atoms with Gasteiger partial charge in [-0.2, -0.15) is 5.26 Å². The number of nitrogens with zero attached hydrogens (tertiary/aromatic N) is 1. The largest absolute Gasteiger partial charge is 0.493 e. The molecule has 154 valence electrons. The summed E-state index contributed by atoms with van der Waals surface area (Å²) in [6.07, 6.45) is 2.98. The molecule has 0 amide bonds. The van der Waals surface area contributed by atoms with Crippen molar-refractivity contribution in [1.29, 1.82) is 5.26 Å². The first-order chi connectivity index (χ1) is 13.8. The van der Waals surface area contributed by atoms with Crippen LogP contribution >= 0.6 is 0 Å². The predicted molar refractivity (Wildman–Crippen MR) is 109 cm³/mol. The van der Waals surface area contributed by atoms with Crippen LogP contribution in [0.1, 0.15) is 57.9 Å². The van der Waals surface area contributed by atoms with E-state index in [0.717, 1.165) is 18.4 Å². The van der Waals surface area contributed by atoms with E-state index in [1.54, 1.807) is 7.11 Å². The number of hydrogen-bond acceptors (Lipinski definition) is 6. The molecule has 1 aromatic rings. The molecule has 3 rings (SSSR count). The predicted octanol–water partition coefficient (Wildman–Crippen LogP) is 4.32. The lowest BCUT2D eigenvalue weighted by Crippen LogP contribution is -2.33. The maximum Gasteiger partial charge on any atom is 0.205 e. The average molecular weight is 396 g/mol. The number of nitriles is 1. The smallest absolute Gasteiger partial charge is 0.205 e. The van der Waals surface area contributed by atoms with Gasteiger partial charge in [-0.05, 0) is 29.5 Å². The molecular weight excluding hydrogens is 368 g/mol. The van der Waals surface area contributed by atoms with Crippen LogP contribution in [-0.4, -0.2) is 19.5 Å². The summed E-state index contributed by atoms with van der Waals surface area (Å²) in [6, 6.07) is 7.65. The maximum absolute atomic E-state index is 13.0. The number of allylic oxidation sites excluding steroid dienone is 3. The van der Waals surface area contributed by atoms with Gasteiger partial charge in [-0.1, -0.05) is 33.3 Å². The molecule has 1 aliphatic heterocycles. The molecule has 0 fully saturated rings. The minimum Gasteiger partial charge on any atom is -0.493 e. The monoisotopic (exact) mass is 396 g/mol. The van der Waals surface area contributed by atoms with E-state index in [2.05, 4.69) is 13.0 Å². The molecule has 0 saturated heterocycles. The molecule has 1 aromatic carbocycles. The van der Waals surface area contributed by atoms with Crippen molar-refractivity contribution in [2.24, 2.45) is 11.1 Å². The Hall–Kier alpha value is -2.94. The van der Waals surface area contributed by atoms with Crippen LogP contribution in [0.3, 0.4) is 0 Å². The lowest BCUT2D eigenvalue weighted by Gasteiger charge is -2.37. The fourth-order valence-corrected chi connectivity index (χ4v) is 3.93. The fourth-order valence-electron chi connectivity index (χ4n) is 3.93. The van der Waals surface area contributed by atoms with Crippen molar-refractivity contribution >= 4 is 5.78 Å². The number of unbranched alkanes of at least 4 members (excludes halogenated alkanes) is 1. The quantitative estimate of drug-likeness (QED) is 0.720. The van der Waals surface area contributed by atoms with Gasteiger partial charge in [0.15, 0.2) is 17.3 Å². The number of carbonyl (C=O) groups is 1. The summed E-state index contributed by atoms with van der Waals surface area (Å²) in [6.45, 7) is 6.75. The zero-order chi connectivity index (χ0) is 21.2. The van der Waals surface area contributed by atoms with Crippen molar-refractivity contribution in [3.8, 4) is 17.6 Å². The number of Topliss-reactive ketones (excluding diaryl/α,β-unsaturated/α-hetero) is 1. The van der Waals surface area contributed by atoms with E-state index >= 15 is 0 Å². The molecule has 0 spiro atoms. The van der Waals surface area contributed by atoms with Crippen molar-refractivity contribution in [2.75, 3.05) is 13.7 Å². The molecule has 1 heterocycles. The van der Waals surface area contributed by atoms with Crippen LogP contribution in [0.5, 0.6) is 11.5 Å². The highest BCUT2D eigenvalue weighted by atomic mass is 16.5. The van der Waals surface area contributed by atoms with Crippen LogP contribution in [0.2, 0.25) is 0 Å². The van der Waals surface area contributed by atoms with E-state index in [1.807, 2.05) is 32.0 Å². The lowest BCUT2D eigenvalue weighted by molar-refractivity contribution is -0.119. The normalized spacial score (nSPS) is 20.7. The Balaban J connectivity index is 2.06. The molecular formula is C23H28N2O4. The Morgan fingerprint density at radius 3 is 2.72 bits per heavy atom. The summed E-state index contributed by atoms with van der Waals surface area (Å²) in [5.74, 6) is 1.25. The molecule has 0 radical (unpaired) electrons. The second kappa shape index (κ2) is 8.20. The maximum atomic E-state index is 13.0. The number of ketones is 1. The van der Waals surface area contributed by atoms with Crippen molar-refractivity contribution < 1.29 is 19.0 Å². The Bertz CT molecular complexity index is 921. The minimum absolute atomic E-state index is 0.0104. The minimum atomic E-state index is -0.564. The van der Waals surface area contributed by atoms with Crippen molar-refractivity contribution in [3.63, 3.8) is 0 Å². The van der Waals surface area contributed by atoms with Gasteiger partial charge in [0, 0.05) is 18.4 Å². The number of rotatable bonds is 6. The summed E-state index contributed by atoms with van der Waals surface area (Å²) in [5, 5.41) is 9.74. The van der Waals surface area contributed by atoms with E-state index in [0.29, 0.717) is 42.3 Å². The fraction of sp³-hybridized carbons (Fsp3) is 0.478. The van der Waals surface area contributed by atoms with Crippen LogP contribution in [0.15, 0.2) is 41.0 Å². The first-order valence-electron chi connectivity index (χ1n) is 9.96. The number of nitrogens with two attached hydrogens (primary N) is 1. The third kappa shape index (κ3) is 4.09. The van der Waals surface area contributed by atoms with Gasteiger partial charge in [0.1, 0.15) is 17.4 Å². The molecule has 6 heteroatoms. The van der Waals surface area contributed by atoms with Crippen LogP contribution < -0.4 is 15.2 Å². The number of methoxy groups -OCH3 is 1. The SMILES string of the molecule is CCCCOc1ccc(C2C(C#N)=C(N)OC3=C2C(=O)CC(C)(C)C3)cc1OC. The van der Waals surface area contributed by atoms with Gasteiger partial charge in [0.2, 0.25) is 5.88 Å². The van der Waals surface area contributed by atoms with E-state index in [9.17, 15) is 10.1 Å². The zero-order valence-electron chi connectivity index (χ0n) is 17.5. The summed E-state index contributed by atoms with van der Waals surface area (Å²) < 4.78 is 17.1. The summed E-state index contributed by atoms with van der Waals surface area (Å²) >= 11 is 0. The lowest BCUT2D eigenvalue weighted by atomic mass is 9.70. The van der Waals surface area contributed by atoms with E-state index in [-0.39, 0.29) is 22.7 Å². The van der Waals surface area contributed by atoms with Crippen LogP contribution in [0, 0.1) is 16.7 Å². The highest BCUT2D eigenvalue weighted by molar-refractivity contribution is 6.00. The van der Waals surface area contributed by atoms with Crippen molar-refractivity contribution in [1.82, 2.24) is 0 Å². The molecule has 29 heavy (non-hydrogen) atoms. The second-order valence-electron chi connectivity index (χ2n) is 8.31. The number of hydrogen-bond donors (Lipinski definition) is 1. The molecule has 0 aromatic heterocycles.